The van der Waals surface area contributed by atoms with E-state index in [9.17, 15) is 14.4 Å². The molecule has 2 aliphatic heterocycles. The summed E-state index contributed by atoms with van der Waals surface area (Å²) in [4.78, 5) is 48.3. The molecular formula is C28H26N4O3S. The van der Waals surface area contributed by atoms with Gasteiger partial charge in [-0.3, -0.25) is 19.5 Å². The minimum Gasteiger partial charge on any atom is -0.332 e. The summed E-state index contributed by atoms with van der Waals surface area (Å²) in [5.41, 5.74) is 0.0888. The number of aromatic nitrogens is 1. The molecule has 0 bridgehead atoms. The van der Waals surface area contributed by atoms with Crippen LogP contribution in [0.25, 0.3) is 0 Å². The van der Waals surface area contributed by atoms with Gasteiger partial charge in [0.15, 0.2) is 5.54 Å². The molecule has 8 heteroatoms. The van der Waals surface area contributed by atoms with Crippen molar-refractivity contribution in [2.75, 3.05) is 19.6 Å². The minimum atomic E-state index is -1.24. The molecular weight excluding hydrogens is 472 g/mol. The molecule has 1 atom stereocenters. The van der Waals surface area contributed by atoms with Crippen molar-refractivity contribution in [1.29, 1.82) is 0 Å². The molecule has 2 saturated heterocycles. The predicted octanol–water partition coefficient (Wildman–Crippen LogP) is 3.42. The van der Waals surface area contributed by atoms with Gasteiger partial charge in [0, 0.05) is 48.1 Å². The van der Waals surface area contributed by atoms with Crippen LogP contribution in [0.3, 0.4) is 0 Å². The van der Waals surface area contributed by atoms with E-state index >= 15 is 0 Å². The maximum Gasteiger partial charge on any atom is 0.325 e. The SMILES string of the molecule is O=C(C#Cc1ccccc1)N1CCC([C@@]2(c3ccccn3)NC(=O)N(CCc3cccs3)C2=O)CC1. The number of nitrogens with one attached hydrogen (secondary N) is 1. The largest absolute Gasteiger partial charge is 0.332 e. The van der Waals surface area contributed by atoms with Crippen LogP contribution in [0.1, 0.15) is 29.0 Å². The maximum atomic E-state index is 13.9. The van der Waals surface area contributed by atoms with Crippen LogP contribution in [-0.4, -0.2) is 52.3 Å². The van der Waals surface area contributed by atoms with Gasteiger partial charge in [-0.2, -0.15) is 0 Å². The first-order valence-corrected chi connectivity index (χ1v) is 12.9. The first-order valence-electron chi connectivity index (χ1n) is 12.0. The number of likely N-dealkylation sites (tertiary alicyclic amines) is 1. The van der Waals surface area contributed by atoms with E-state index < -0.39 is 11.6 Å². The number of urea groups is 1. The molecule has 0 saturated carbocycles. The fourth-order valence-corrected chi connectivity index (χ4v) is 5.67. The number of thiophene rings is 1. The lowest BCUT2D eigenvalue weighted by Gasteiger charge is -2.40. The number of hydrogen-bond acceptors (Lipinski definition) is 5. The molecule has 0 radical (unpaired) electrons. The topological polar surface area (TPSA) is 82.6 Å². The number of carbonyl (C=O) groups is 3. The van der Waals surface area contributed by atoms with Gasteiger partial charge < -0.3 is 10.2 Å². The van der Waals surface area contributed by atoms with Crippen LogP contribution in [0.4, 0.5) is 4.79 Å². The molecule has 2 aromatic heterocycles. The monoisotopic (exact) mass is 498 g/mol. The lowest BCUT2D eigenvalue weighted by Crippen LogP contribution is -2.54. The summed E-state index contributed by atoms with van der Waals surface area (Å²) in [6.45, 7) is 1.23. The van der Waals surface area contributed by atoms with Gasteiger partial charge in [0.2, 0.25) is 0 Å². The van der Waals surface area contributed by atoms with Gasteiger partial charge in [-0.1, -0.05) is 36.3 Å². The van der Waals surface area contributed by atoms with Gasteiger partial charge in [-0.05, 0) is 55.0 Å². The molecule has 2 aliphatic rings. The molecule has 7 nitrogen and oxygen atoms in total. The summed E-state index contributed by atoms with van der Waals surface area (Å²) < 4.78 is 0. The van der Waals surface area contributed by atoms with Crippen molar-refractivity contribution in [1.82, 2.24) is 20.1 Å². The summed E-state index contributed by atoms with van der Waals surface area (Å²) in [6, 6.07) is 18.4. The first kappa shape index (κ1) is 23.8. The van der Waals surface area contributed by atoms with Gasteiger partial charge in [-0.15, -0.1) is 11.3 Å². The van der Waals surface area contributed by atoms with Crippen LogP contribution in [0, 0.1) is 17.8 Å². The molecule has 182 valence electrons. The summed E-state index contributed by atoms with van der Waals surface area (Å²) >= 11 is 1.61. The Bertz CT molecular complexity index is 1290. The molecule has 36 heavy (non-hydrogen) atoms. The van der Waals surface area contributed by atoms with Crippen molar-refractivity contribution < 1.29 is 14.4 Å². The standard InChI is InChI=1S/C28H26N4O3S/c33-25(12-11-21-7-2-1-3-8-21)31-17-13-22(14-18-31)28(24-10-4-5-16-29-24)26(34)32(27(35)30-28)19-15-23-9-6-20-36-23/h1-10,16,20,22H,13-15,17-19H2,(H,30,35)/t28-/m0/s1. The fourth-order valence-electron chi connectivity index (χ4n) is 4.97. The zero-order valence-corrected chi connectivity index (χ0v) is 20.5. The number of benzene rings is 1. The molecule has 0 aliphatic carbocycles. The summed E-state index contributed by atoms with van der Waals surface area (Å²) in [5.74, 6) is 4.95. The van der Waals surface area contributed by atoms with Gasteiger partial charge in [-0.25, -0.2) is 4.79 Å². The second-order valence-electron chi connectivity index (χ2n) is 8.92. The smallest absolute Gasteiger partial charge is 0.325 e. The van der Waals surface area contributed by atoms with Crippen LogP contribution in [-0.2, 0) is 21.5 Å². The second-order valence-corrected chi connectivity index (χ2v) is 9.95. The van der Waals surface area contributed by atoms with Crippen LogP contribution in [0.5, 0.6) is 0 Å². The Kier molecular flexibility index (Phi) is 6.83. The van der Waals surface area contributed by atoms with E-state index in [4.69, 9.17) is 0 Å². The summed E-state index contributed by atoms with van der Waals surface area (Å²) in [6.07, 6.45) is 3.37. The lowest BCUT2D eigenvalue weighted by molar-refractivity contribution is -0.135. The quantitative estimate of drug-likeness (QED) is 0.432. The zero-order chi connectivity index (χ0) is 25.0. The highest BCUT2D eigenvalue weighted by atomic mass is 32.1. The number of imide groups is 1. The normalized spacial score (nSPS) is 20.1. The Labute approximate surface area is 214 Å². The number of rotatable bonds is 5. The molecule has 3 aromatic rings. The highest BCUT2D eigenvalue weighted by Crippen LogP contribution is 2.40. The van der Waals surface area contributed by atoms with E-state index in [1.165, 1.54) is 4.90 Å². The molecule has 0 spiro atoms. The minimum absolute atomic E-state index is 0.193. The number of carbonyl (C=O) groups excluding carboxylic acids is 3. The van der Waals surface area contributed by atoms with Crippen LogP contribution < -0.4 is 5.32 Å². The maximum absolute atomic E-state index is 13.9. The van der Waals surface area contributed by atoms with Gasteiger partial charge in [0.1, 0.15) is 0 Å². The average molecular weight is 499 g/mol. The third-order valence-electron chi connectivity index (χ3n) is 6.84. The molecule has 5 rings (SSSR count). The number of nitrogens with zero attached hydrogens (tertiary/aromatic N) is 3. The Hall–Kier alpha value is -3.96. The highest BCUT2D eigenvalue weighted by molar-refractivity contribution is 7.09. The average Bonchev–Trinajstić information content (AvgIpc) is 3.53. The van der Waals surface area contributed by atoms with Crippen molar-refractivity contribution in [3.63, 3.8) is 0 Å². The van der Waals surface area contributed by atoms with E-state index in [2.05, 4.69) is 22.1 Å². The Balaban J connectivity index is 1.33. The Morgan fingerprint density at radius 2 is 1.83 bits per heavy atom. The highest BCUT2D eigenvalue weighted by Gasteiger charge is 2.58. The predicted molar refractivity (Wildman–Crippen MR) is 137 cm³/mol. The van der Waals surface area contributed by atoms with Crippen LogP contribution >= 0.6 is 11.3 Å². The van der Waals surface area contributed by atoms with Gasteiger partial charge in [0.25, 0.3) is 11.8 Å². The zero-order valence-electron chi connectivity index (χ0n) is 19.7. The van der Waals surface area contributed by atoms with Crippen molar-refractivity contribution in [3.8, 4) is 11.8 Å². The number of hydrogen-bond donors (Lipinski definition) is 1. The molecule has 4 heterocycles. The fraction of sp³-hybridized carbons (Fsp3) is 0.286. The lowest BCUT2D eigenvalue weighted by atomic mass is 9.75. The summed E-state index contributed by atoms with van der Waals surface area (Å²) in [5, 5.41) is 5.01. The molecule has 1 N–H and O–H groups in total. The summed E-state index contributed by atoms with van der Waals surface area (Å²) in [7, 11) is 0. The van der Waals surface area contributed by atoms with E-state index in [-0.39, 0.29) is 17.7 Å². The Morgan fingerprint density at radius 1 is 1.06 bits per heavy atom. The van der Waals surface area contributed by atoms with E-state index in [1.54, 1.807) is 34.6 Å². The molecule has 4 amide bonds. The Morgan fingerprint density at radius 3 is 2.53 bits per heavy atom. The third-order valence-corrected chi connectivity index (χ3v) is 7.78. The van der Waals surface area contributed by atoms with Gasteiger partial charge in [0.05, 0.1) is 5.69 Å². The van der Waals surface area contributed by atoms with E-state index in [0.717, 1.165) is 10.4 Å². The number of pyridine rings is 1. The first-order chi connectivity index (χ1) is 17.6. The number of piperidine rings is 1. The van der Waals surface area contributed by atoms with Crippen LogP contribution in [0.2, 0.25) is 0 Å². The van der Waals surface area contributed by atoms with Crippen molar-refractivity contribution >= 4 is 29.2 Å². The molecule has 1 aromatic carbocycles. The third kappa shape index (κ3) is 4.62. The van der Waals surface area contributed by atoms with Gasteiger partial charge >= 0.3 is 6.03 Å². The van der Waals surface area contributed by atoms with Crippen molar-refractivity contribution in [2.45, 2.75) is 24.8 Å². The second kappa shape index (κ2) is 10.3. The van der Waals surface area contributed by atoms with E-state index in [0.29, 0.717) is 44.6 Å². The molecule has 0 unspecified atom stereocenters. The number of amides is 4. The molecule has 2 fully saturated rings. The van der Waals surface area contributed by atoms with Crippen molar-refractivity contribution in [3.05, 3.63) is 88.4 Å². The van der Waals surface area contributed by atoms with E-state index in [1.807, 2.05) is 53.9 Å². The van der Waals surface area contributed by atoms with Crippen molar-refractivity contribution in [2.24, 2.45) is 5.92 Å². The van der Waals surface area contributed by atoms with Crippen LogP contribution in [0.15, 0.2) is 72.2 Å².